The highest BCUT2D eigenvalue weighted by atomic mass is 35.5. The van der Waals surface area contributed by atoms with Crippen molar-refractivity contribution >= 4 is 23.1 Å². The van der Waals surface area contributed by atoms with Gasteiger partial charge in [0.2, 0.25) is 0 Å². The molecule has 1 aromatic carbocycles. The van der Waals surface area contributed by atoms with E-state index in [0.29, 0.717) is 12.0 Å². The van der Waals surface area contributed by atoms with Gasteiger partial charge in [-0.3, -0.25) is 4.79 Å². The van der Waals surface area contributed by atoms with E-state index in [9.17, 15) is 18.0 Å². The number of rotatable bonds is 6. The van der Waals surface area contributed by atoms with E-state index in [0.717, 1.165) is 12.5 Å². The van der Waals surface area contributed by atoms with E-state index in [1.165, 1.54) is 20.0 Å². The molecule has 0 heterocycles. The van der Waals surface area contributed by atoms with E-state index in [1.54, 1.807) is 0 Å². The van der Waals surface area contributed by atoms with Crippen molar-refractivity contribution < 1.29 is 18.0 Å². The van der Waals surface area contributed by atoms with Crippen molar-refractivity contribution in [2.75, 3.05) is 12.4 Å². The summed E-state index contributed by atoms with van der Waals surface area (Å²) in [7, 11) is 1.39. The van der Waals surface area contributed by atoms with Crippen molar-refractivity contribution in [3.05, 3.63) is 28.3 Å². The fraction of sp³-hybridized carbons (Fsp3) is 0.533. The highest BCUT2D eigenvalue weighted by Gasteiger charge is 2.35. The maximum Gasteiger partial charge on any atom is 0.418 e. The van der Waals surface area contributed by atoms with E-state index in [2.05, 4.69) is 5.32 Å². The second-order valence-corrected chi connectivity index (χ2v) is 5.46. The average molecular weight is 322 g/mol. The lowest BCUT2D eigenvalue weighted by Gasteiger charge is -2.18. The third-order valence-electron chi connectivity index (χ3n) is 3.40. The number of halogens is 4. The molecule has 1 N–H and O–H groups in total. The second-order valence-electron chi connectivity index (χ2n) is 5.05. The molecule has 1 aromatic rings. The van der Waals surface area contributed by atoms with Crippen LogP contribution in [-0.4, -0.2) is 12.8 Å². The molecule has 0 spiro atoms. The summed E-state index contributed by atoms with van der Waals surface area (Å²) in [6.07, 6.45) is -2.76. The van der Waals surface area contributed by atoms with Crippen LogP contribution in [0.3, 0.4) is 0 Å². The Labute approximate surface area is 127 Å². The Morgan fingerprint density at radius 3 is 2.43 bits per heavy atom. The molecule has 21 heavy (non-hydrogen) atoms. The molecule has 0 fully saturated rings. The molecule has 6 heteroatoms. The van der Waals surface area contributed by atoms with Gasteiger partial charge in [-0.1, -0.05) is 24.9 Å². The average Bonchev–Trinajstić information content (AvgIpc) is 2.36. The van der Waals surface area contributed by atoms with Gasteiger partial charge in [0.1, 0.15) is 5.78 Å². The maximum atomic E-state index is 13.1. The van der Waals surface area contributed by atoms with Gasteiger partial charge in [-0.05, 0) is 37.5 Å². The van der Waals surface area contributed by atoms with E-state index < -0.39 is 11.7 Å². The van der Waals surface area contributed by atoms with Crippen LogP contribution in [0.5, 0.6) is 0 Å². The Bertz CT molecular complexity index is 514. The normalized spacial score (nSPS) is 13.1. The van der Waals surface area contributed by atoms with Gasteiger partial charge >= 0.3 is 6.18 Å². The largest absolute Gasteiger partial charge is 0.418 e. The number of carbonyl (C=O) groups is 1. The monoisotopic (exact) mass is 321 g/mol. The molecule has 0 saturated carbocycles. The quantitative estimate of drug-likeness (QED) is 0.803. The second kappa shape index (κ2) is 7.16. The predicted molar refractivity (Wildman–Crippen MR) is 78.8 cm³/mol. The van der Waals surface area contributed by atoms with Crippen LogP contribution in [0.15, 0.2) is 12.1 Å². The Hall–Kier alpha value is -1.23. The van der Waals surface area contributed by atoms with Gasteiger partial charge in [-0.25, -0.2) is 0 Å². The Kier molecular flexibility index (Phi) is 6.08. The minimum atomic E-state index is -4.49. The number of carbonyl (C=O) groups excluding carboxylic acids is 1. The van der Waals surface area contributed by atoms with E-state index >= 15 is 0 Å². The number of benzene rings is 1. The zero-order valence-corrected chi connectivity index (χ0v) is 13.0. The predicted octanol–water partition coefficient (Wildman–Crippen LogP) is 4.95. The smallest absolute Gasteiger partial charge is 0.386 e. The van der Waals surface area contributed by atoms with E-state index in [-0.39, 0.29) is 28.8 Å². The Morgan fingerprint density at radius 1 is 1.38 bits per heavy atom. The summed E-state index contributed by atoms with van der Waals surface area (Å²) in [6.45, 7) is 3.41. The minimum Gasteiger partial charge on any atom is -0.386 e. The van der Waals surface area contributed by atoms with Crippen LogP contribution >= 0.6 is 11.6 Å². The lowest BCUT2D eigenvalue weighted by atomic mass is 9.91. The third kappa shape index (κ3) is 4.63. The molecule has 0 amide bonds. The first kappa shape index (κ1) is 17.8. The first-order valence-electron chi connectivity index (χ1n) is 6.78. The SMILES string of the molecule is CCC[C@H](Cc1cc(Cl)c(NC)c(C(F)(F)F)c1)C(C)=O. The summed E-state index contributed by atoms with van der Waals surface area (Å²) in [5.41, 5.74) is -0.506. The summed E-state index contributed by atoms with van der Waals surface area (Å²) >= 11 is 5.93. The number of Topliss-reactive ketones (excluding diaryl/α,β-unsaturated/α-hetero) is 1. The molecule has 0 aliphatic rings. The van der Waals surface area contributed by atoms with Crippen molar-refractivity contribution in [3.8, 4) is 0 Å². The highest BCUT2D eigenvalue weighted by molar-refractivity contribution is 6.33. The first-order chi connectivity index (χ1) is 9.70. The van der Waals surface area contributed by atoms with Crippen molar-refractivity contribution in [1.82, 2.24) is 0 Å². The molecule has 0 aromatic heterocycles. The number of nitrogens with one attached hydrogen (secondary N) is 1. The summed E-state index contributed by atoms with van der Waals surface area (Å²) in [5.74, 6) is -0.285. The molecule has 0 aliphatic carbocycles. The van der Waals surface area contributed by atoms with Gasteiger partial charge in [-0.2, -0.15) is 13.2 Å². The molecule has 0 aliphatic heterocycles. The Morgan fingerprint density at radius 2 is 2.00 bits per heavy atom. The topological polar surface area (TPSA) is 29.1 Å². The van der Waals surface area contributed by atoms with Crippen LogP contribution < -0.4 is 5.32 Å². The fourth-order valence-corrected chi connectivity index (χ4v) is 2.68. The van der Waals surface area contributed by atoms with E-state index in [1.807, 2.05) is 6.92 Å². The van der Waals surface area contributed by atoms with Crippen LogP contribution in [0.1, 0.15) is 37.8 Å². The zero-order chi connectivity index (χ0) is 16.2. The van der Waals surface area contributed by atoms with Gasteiger partial charge < -0.3 is 5.32 Å². The standard InChI is InChI=1S/C15H19ClF3NO/c1-4-5-11(9(2)21)6-10-7-12(15(17,18)19)14(20-3)13(16)8-10/h7-8,11,20H,4-6H2,1-3H3/t11-/m1/s1. The van der Waals surface area contributed by atoms with E-state index in [4.69, 9.17) is 11.6 Å². The summed E-state index contributed by atoms with van der Waals surface area (Å²) in [5, 5.41) is 2.49. The first-order valence-corrected chi connectivity index (χ1v) is 7.16. The molecule has 118 valence electrons. The van der Waals surface area contributed by atoms with Gasteiger partial charge in [-0.15, -0.1) is 0 Å². The van der Waals surface area contributed by atoms with Gasteiger partial charge in [0.05, 0.1) is 16.3 Å². The third-order valence-corrected chi connectivity index (χ3v) is 3.70. The number of alkyl halides is 3. The van der Waals surface area contributed by atoms with Crippen molar-refractivity contribution in [1.29, 1.82) is 0 Å². The molecule has 1 atom stereocenters. The molecule has 0 saturated heterocycles. The molecular weight excluding hydrogens is 303 g/mol. The van der Waals surface area contributed by atoms with Crippen molar-refractivity contribution in [3.63, 3.8) is 0 Å². The lowest BCUT2D eigenvalue weighted by Crippen LogP contribution is -2.15. The lowest BCUT2D eigenvalue weighted by molar-refractivity contribution is -0.137. The number of ketones is 1. The summed E-state index contributed by atoms with van der Waals surface area (Å²) in [6, 6.07) is 2.57. The molecule has 1 rings (SSSR count). The zero-order valence-electron chi connectivity index (χ0n) is 12.3. The molecule has 2 nitrogen and oxygen atoms in total. The van der Waals surface area contributed by atoms with Crippen molar-refractivity contribution in [2.45, 2.75) is 39.3 Å². The molecular formula is C15H19ClF3NO. The number of hydrogen-bond acceptors (Lipinski definition) is 2. The summed E-state index contributed by atoms with van der Waals surface area (Å²) in [4.78, 5) is 11.6. The van der Waals surface area contributed by atoms with Crippen LogP contribution in [0.2, 0.25) is 5.02 Å². The van der Waals surface area contributed by atoms with Crippen LogP contribution in [0.25, 0.3) is 0 Å². The minimum absolute atomic E-state index is 0.0146. The number of hydrogen-bond donors (Lipinski definition) is 1. The maximum absolute atomic E-state index is 13.1. The molecule has 0 radical (unpaired) electrons. The summed E-state index contributed by atoms with van der Waals surface area (Å²) < 4.78 is 39.2. The molecule has 0 unspecified atom stereocenters. The van der Waals surface area contributed by atoms with Crippen LogP contribution in [0.4, 0.5) is 18.9 Å². The highest BCUT2D eigenvalue weighted by Crippen LogP contribution is 2.39. The van der Waals surface area contributed by atoms with Gasteiger partial charge in [0, 0.05) is 13.0 Å². The Balaban J connectivity index is 3.20. The molecule has 0 bridgehead atoms. The van der Waals surface area contributed by atoms with Crippen LogP contribution in [-0.2, 0) is 17.4 Å². The van der Waals surface area contributed by atoms with Crippen molar-refractivity contribution in [2.24, 2.45) is 5.92 Å². The van der Waals surface area contributed by atoms with Gasteiger partial charge in [0.25, 0.3) is 0 Å². The fourth-order valence-electron chi connectivity index (χ4n) is 2.34. The van der Waals surface area contributed by atoms with Gasteiger partial charge in [0.15, 0.2) is 0 Å². The number of anilines is 1. The van der Waals surface area contributed by atoms with Crippen LogP contribution in [0, 0.1) is 5.92 Å².